The van der Waals surface area contributed by atoms with Gasteiger partial charge >= 0.3 is 5.76 Å². The summed E-state index contributed by atoms with van der Waals surface area (Å²) in [5.74, 6) is -0.552. The maximum absolute atomic E-state index is 12.0. The van der Waals surface area contributed by atoms with Crippen molar-refractivity contribution in [2.45, 2.75) is 19.4 Å². The Morgan fingerprint density at radius 1 is 1.35 bits per heavy atom. The Bertz CT molecular complexity index is 656. The third-order valence-electron chi connectivity index (χ3n) is 3.26. The minimum atomic E-state index is -0.628. The van der Waals surface area contributed by atoms with Gasteiger partial charge in [0.25, 0.3) is 5.89 Å². The number of hydrogen-bond acceptors (Lipinski definition) is 5. The quantitative estimate of drug-likeness (QED) is 0.815. The van der Waals surface area contributed by atoms with Crippen molar-refractivity contribution in [3.8, 4) is 11.5 Å². The molecule has 0 unspecified atom stereocenters. The first-order valence-corrected chi connectivity index (χ1v) is 6.50. The Morgan fingerprint density at radius 2 is 2.15 bits per heavy atom. The molecule has 1 amide bonds. The van der Waals surface area contributed by atoms with Crippen LogP contribution in [0.3, 0.4) is 0 Å². The van der Waals surface area contributed by atoms with Gasteiger partial charge in [0, 0.05) is 25.5 Å². The van der Waals surface area contributed by atoms with Gasteiger partial charge in [-0.25, -0.2) is 4.79 Å². The van der Waals surface area contributed by atoms with Crippen molar-refractivity contribution in [1.29, 1.82) is 0 Å². The molecule has 0 aliphatic carbocycles. The summed E-state index contributed by atoms with van der Waals surface area (Å²) in [6.07, 6.45) is 5.20. The van der Waals surface area contributed by atoms with E-state index in [4.69, 9.17) is 4.42 Å². The van der Waals surface area contributed by atoms with Gasteiger partial charge in [-0.1, -0.05) is 0 Å². The zero-order valence-corrected chi connectivity index (χ0v) is 10.9. The van der Waals surface area contributed by atoms with Crippen LogP contribution in [0.1, 0.15) is 12.8 Å². The highest BCUT2D eigenvalue weighted by molar-refractivity contribution is 5.76. The number of pyridine rings is 1. The SMILES string of the molecule is O=C(Cn1nc(-c2cccnc2)oc1=O)N1CCCC1. The first-order valence-electron chi connectivity index (χ1n) is 6.50. The highest BCUT2D eigenvalue weighted by Crippen LogP contribution is 2.13. The van der Waals surface area contributed by atoms with Crippen LogP contribution in [0.25, 0.3) is 11.5 Å². The van der Waals surface area contributed by atoms with Crippen LogP contribution in [0.2, 0.25) is 0 Å². The van der Waals surface area contributed by atoms with Crippen LogP contribution in [0.15, 0.2) is 33.7 Å². The predicted octanol–water partition coefficient (Wildman–Crippen LogP) is 0.521. The predicted molar refractivity (Wildman–Crippen MR) is 69.8 cm³/mol. The van der Waals surface area contributed by atoms with Crippen LogP contribution in [0.5, 0.6) is 0 Å². The summed E-state index contributed by atoms with van der Waals surface area (Å²) in [6.45, 7) is 1.42. The molecule has 0 N–H and O–H groups in total. The summed E-state index contributed by atoms with van der Waals surface area (Å²) in [5.41, 5.74) is 0.608. The fraction of sp³-hybridized carbons (Fsp3) is 0.385. The van der Waals surface area contributed by atoms with E-state index in [2.05, 4.69) is 10.1 Å². The van der Waals surface area contributed by atoms with Crippen LogP contribution in [0.4, 0.5) is 0 Å². The van der Waals surface area contributed by atoms with E-state index in [1.54, 1.807) is 29.4 Å². The molecule has 3 rings (SSSR count). The Kier molecular flexibility index (Phi) is 3.32. The minimum Gasteiger partial charge on any atom is -0.388 e. The van der Waals surface area contributed by atoms with Crippen LogP contribution in [-0.2, 0) is 11.3 Å². The third-order valence-corrected chi connectivity index (χ3v) is 3.26. The van der Waals surface area contributed by atoms with Crippen molar-refractivity contribution in [2.75, 3.05) is 13.1 Å². The normalized spacial score (nSPS) is 14.7. The maximum Gasteiger partial charge on any atom is 0.437 e. The molecule has 0 spiro atoms. The molecule has 0 bridgehead atoms. The lowest BCUT2D eigenvalue weighted by molar-refractivity contribution is -0.131. The summed E-state index contributed by atoms with van der Waals surface area (Å²) < 4.78 is 6.11. The van der Waals surface area contributed by atoms with E-state index in [0.717, 1.165) is 30.6 Å². The average Bonchev–Trinajstić information content (AvgIpc) is 3.10. The standard InChI is InChI=1S/C13H14N4O3/c18-11(16-6-1-2-7-16)9-17-13(19)20-12(15-17)10-4-3-5-14-8-10/h3-5,8H,1-2,6-7,9H2. The number of likely N-dealkylation sites (tertiary alicyclic amines) is 1. The molecule has 20 heavy (non-hydrogen) atoms. The lowest BCUT2D eigenvalue weighted by Gasteiger charge is -2.13. The Balaban J connectivity index is 1.79. The van der Waals surface area contributed by atoms with Crippen LogP contribution in [0, 0.1) is 0 Å². The second-order valence-corrected chi connectivity index (χ2v) is 4.66. The first-order chi connectivity index (χ1) is 9.74. The number of aromatic nitrogens is 3. The van der Waals surface area contributed by atoms with Gasteiger partial charge in [0.2, 0.25) is 5.91 Å². The van der Waals surface area contributed by atoms with E-state index in [0.29, 0.717) is 5.56 Å². The number of amides is 1. The molecule has 1 aliphatic heterocycles. The maximum atomic E-state index is 12.0. The van der Waals surface area contributed by atoms with Gasteiger partial charge in [-0.2, -0.15) is 4.68 Å². The van der Waals surface area contributed by atoms with Crippen molar-refractivity contribution in [3.63, 3.8) is 0 Å². The van der Waals surface area contributed by atoms with Crippen molar-refractivity contribution < 1.29 is 9.21 Å². The van der Waals surface area contributed by atoms with E-state index in [9.17, 15) is 9.59 Å². The van der Waals surface area contributed by atoms with Gasteiger partial charge in [-0.15, -0.1) is 5.10 Å². The topological polar surface area (TPSA) is 81.2 Å². The molecule has 1 saturated heterocycles. The summed E-state index contributed by atoms with van der Waals surface area (Å²) in [7, 11) is 0. The van der Waals surface area contributed by atoms with Gasteiger partial charge in [-0.3, -0.25) is 9.78 Å². The molecule has 2 aromatic heterocycles. The van der Waals surface area contributed by atoms with Crippen molar-refractivity contribution in [3.05, 3.63) is 35.1 Å². The van der Waals surface area contributed by atoms with E-state index in [1.807, 2.05) is 0 Å². The number of hydrogen-bond donors (Lipinski definition) is 0. The highest BCUT2D eigenvalue weighted by atomic mass is 16.4. The fourth-order valence-electron chi connectivity index (χ4n) is 2.21. The zero-order chi connectivity index (χ0) is 13.9. The second kappa shape index (κ2) is 5.28. The molecule has 1 fully saturated rings. The van der Waals surface area contributed by atoms with E-state index < -0.39 is 5.76 Å². The molecule has 1 aliphatic rings. The summed E-state index contributed by atoms with van der Waals surface area (Å²) >= 11 is 0. The van der Waals surface area contributed by atoms with Gasteiger partial charge in [0.1, 0.15) is 6.54 Å². The molecule has 2 aromatic rings. The zero-order valence-electron chi connectivity index (χ0n) is 10.9. The summed E-state index contributed by atoms with van der Waals surface area (Å²) in [4.78, 5) is 29.4. The lowest BCUT2D eigenvalue weighted by Crippen LogP contribution is -2.34. The third kappa shape index (κ3) is 2.47. The lowest BCUT2D eigenvalue weighted by atomic mass is 10.3. The minimum absolute atomic E-state index is 0.0808. The Hall–Kier alpha value is -2.44. The fourth-order valence-corrected chi connectivity index (χ4v) is 2.21. The molecule has 0 atom stereocenters. The molecule has 0 radical (unpaired) electrons. The van der Waals surface area contributed by atoms with Gasteiger partial charge in [0.05, 0.1) is 5.56 Å². The number of nitrogens with zero attached hydrogens (tertiary/aromatic N) is 4. The number of carbonyl (C=O) groups is 1. The summed E-state index contributed by atoms with van der Waals surface area (Å²) in [6, 6.07) is 3.47. The van der Waals surface area contributed by atoms with E-state index in [1.165, 1.54) is 0 Å². The van der Waals surface area contributed by atoms with Crippen molar-refractivity contribution in [1.82, 2.24) is 19.7 Å². The molecule has 3 heterocycles. The molecular weight excluding hydrogens is 260 g/mol. The van der Waals surface area contributed by atoms with Gasteiger partial charge in [-0.05, 0) is 25.0 Å². The second-order valence-electron chi connectivity index (χ2n) is 4.66. The monoisotopic (exact) mass is 274 g/mol. The first kappa shape index (κ1) is 12.6. The summed E-state index contributed by atoms with van der Waals surface area (Å²) in [5, 5.41) is 4.04. The number of rotatable bonds is 3. The van der Waals surface area contributed by atoms with Gasteiger partial charge < -0.3 is 9.32 Å². The van der Waals surface area contributed by atoms with Gasteiger partial charge in [0.15, 0.2) is 0 Å². The molecule has 7 nitrogen and oxygen atoms in total. The highest BCUT2D eigenvalue weighted by Gasteiger charge is 2.20. The smallest absolute Gasteiger partial charge is 0.388 e. The van der Waals surface area contributed by atoms with E-state index in [-0.39, 0.29) is 18.3 Å². The molecule has 104 valence electrons. The largest absolute Gasteiger partial charge is 0.437 e. The Labute approximate surface area is 114 Å². The van der Waals surface area contributed by atoms with Crippen molar-refractivity contribution in [2.24, 2.45) is 0 Å². The van der Waals surface area contributed by atoms with Crippen molar-refractivity contribution >= 4 is 5.91 Å². The molecule has 7 heteroatoms. The molecular formula is C13H14N4O3. The van der Waals surface area contributed by atoms with Crippen LogP contribution < -0.4 is 5.76 Å². The van der Waals surface area contributed by atoms with E-state index >= 15 is 0 Å². The van der Waals surface area contributed by atoms with Crippen LogP contribution in [-0.4, -0.2) is 38.7 Å². The molecule has 0 aromatic carbocycles. The Morgan fingerprint density at radius 3 is 2.85 bits per heavy atom. The number of carbonyl (C=O) groups excluding carboxylic acids is 1. The van der Waals surface area contributed by atoms with Crippen LogP contribution >= 0.6 is 0 Å². The average molecular weight is 274 g/mol. The molecule has 0 saturated carbocycles.